The van der Waals surface area contributed by atoms with Crippen molar-refractivity contribution in [3.63, 3.8) is 0 Å². The average Bonchev–Trinajstić information content (AvgIpc) is 3.34. The van der Waals surface area contributed by atoms with Gasteiger partial charge in [0.25, 0.3) is 10.1 Å². The molecule has 0 aliphatic carbocycles. The van der Waals surface area contributed by atoms with Crippen molar-refractivity contribution in [1.29, 1.82) is 0 Å². The molecule has 0 saturated heterocycles. The molecule has 17 heteroatoms. The van der Waals surface area contributed by atoms with Crippen LogP contribution in [0.1, 0.15) is 48.6 Å². The molecule has 2 aromatic heterocycles. The molecule has 372 valence electrons. The van der Waals surface area contributed by atoms with Crippen LogP contribution in [0.4, 0.5) is 20.6 Å². The highest BCUT2D eigenvalue weighted by atomic mass is 32.2. The van der Waals surface area contributed by atoms with E-state index in [0.717, 1.165) is 39.2 Å². The summed E-state index contributed by atoms with van der Waals surface area (Å²) in [6, 6.07) is 29.7. The molecule has 15 nitrogen and oxygen atoms in total. The molecule has 5 aromatic rings. The molecule has 0 aliphatic heterocycles. The largest absolute Gasteiger partial charge is 0.475 e. The zero-order chi connectivity index (χ0) is 49.7. The van der Waals surface area contributed by atoms with E-state index < -0.39 is 28.5 Å². The number of anilines is 2. The van der Waals surface area contributed by atoms with Crippen LogP contribution in [-0.2, 0) is 38.0 Å². The van der Waals surface area contributed by atoms with Crippen molar-refractivity contribution < 1.29 is 54.9 Å². The smallest absolute Gasteiger partial charge is 0.414 e. The first kappa shape index (κ1) is 55.4. The van der Waals surface area contributed by atoms with Gasteiger partial charge in [-0.2, -0.15) is 8.42 Å². The SMILES string of the molecule is CNc1ccc(/C=C/c2ccc(OCCOCCOCC[18F])nc2)cc1.Cc1ccc(S(=O)(=O)OCCOCCOCCOc2ccc(/C=C/c3ccc(N(C)C(=O)OC(C)(C)C)cc3)cn2)cc1. The van der Waals surface area contributed by atoms with E-state index in [1.807, 2.05) is 114 Å². The molecule has 0 bridgehead atoms. The van der Waals surface area contributed by atoms with Gasteiger partial charge in [-0.25, -0.2) is 19.2 Å². The Bertz CT molecular complexity index is 2380. The summed E-state index contributed by atoms with van der Waals surface area (Å²) >= 11 is 0. The van der Waals surface area contributed by atoms with Crippen LogP contribution in [0.2, 0.25) is 0 Å². The molecular weight excluding hydrogens is 907 g/mol. The van der Waals surface area contributed by atoms with Gasteiger partial charge in [-0.1, -0.05) is 66.3 Å². The van der Waals surface area contributed by atoms with Gasteiger partial charge >= 0.3 is 6.09 Å². The summed E-state index contributed by atoms with van der Waals surface area (Å²) in [5.41, 5.74) is 6.24. The minimum Gasteiger partial charge on any atom is -0.475 e. The third kappa shape index (κ3) is 22.6. The fourth-order valence-electron chi connectivity index (χ4n) is 5.63. The molecule has 0 spiro atoms. The first-order valence-electron chi connectivity index (χ1n) is 22.5. The number of aromatic nitrogens is 2. The summed E-state index contributed by atoms with van der Waals surface area (Å²) in [6.45, 7) is 10.1. The molecule has 5 rings (SSSR count). The maximum Gasteiger partial charge on any atom is 0.414 e. The molecule has 69 heavy (non-hydrogen) atoms. The number of benzene rings is 3. The highest BCUT2D eigenvalue weighted by molar-refractivity contribution is 7.86. The molecule has 1 amide bonds. The van der Waals surface area contributed by atoms with Crippen LogP contribution in [0.15, 0.2) is 114 Å². The van der Waals surface area contributed by atoms with Gasteiger partial charge in [0.15, 0.2) is 0 Å². The number of nitrogens with one attached hydrogen (secondary N) is 1. The third-order valence-electron chi connectivity index (χ3n) is 9.30. The number of hydrogen-bond acceptors (Lipinski definition) is 14. The summed E-state index contributed by atoms with van der Waals surface area (Å²) in [5.74, 6) is 1.04. The van der Waals surface area contributed by atoms with Crippen LogP contribution in [0.25, 0.3) is 24.3 Å². The van der Waals surface area contributed by atoms with Crippen molar-refractivity contribution >= 4 is 51.9 Å². The van der Waals surface area contributed by atoms with E-state index in [-0.39, 0.29) is 24.7 Å². The predicted molar refractivity (Wildman–Crippen MR) is 268 cm³/mol. The summed E-state index contributed by atoms with van der Waals surface area (Å²) in [6.07, 6.45) is 11.0. The van der Waals surface area contributed by atoms with E-state index in [1.165, 1.54) is 17.0 Å². The Morgan fingerprint density at radius 2 is 1.04 bits per heavy atom. The van der Waals surface area contributed by atoms with E-state index in [9.17, 15) is 17.6 Å². The number of aryl methyl sites for hydroxylation is 1. The number of carbonyl (C=O) groups is 1. The monoisotopic (exact) mass is 971 g/mol. The molecule has 0 fully saturated rings. The maximum atomic E-state index is 12.2. The Kier molecular flexibility index (Phi) is 24.3. The second-order valence-electron chi connectivity index (χ2n) is 16.0. The second-order valence-corrected chi connectivity index (χ2v) is 17.6. The van der Waals surface area contributed by atoms with E-state index in [2.05, 4.69) is 27.4 Å². The zero-order valence-electron chi connectivity index (χ0n) is 40.3. The lowest BCUT2D eigenvalue weighted by atomic mass is 10.1. The quantitative estimate of drug-likeness (QED) is 0.0391. The maximum absolute atomic E-state index is 12.2. The van der Waals surface area contributed by atoms with Crippen molar-refractivity contribution in [3.05, 3.63) is 137 Å². The van der Waals surface area contributed by atoms with Crippen LogP contribution in [0.5, 0.6) is 11.8 Å². The minimum absolute atomic E-state index is 0.0735. The van der Waals surface area contributed by atoms with Gasteiger partial charge in [-0.05, 0) is 98.5 Å². The summed E-state index contributed by atoms with van der Waals surface area (Å²) in [4.78, 5) is 22.4. The third-order valence-corrected chi connectivity index (χ3v) is 10.6. The van der Waals surface area contributed by atoms with Crippen molar-refractivity contribution in [1.82, 2.24) is 9.97 Å². The lowest BCUT2D eigenvalue weighted by Crippen LogP contribution is -2.34. The van der Waals surface area contributed by atoms with Crippen molar-refractivity contribution in [2.24, 2.45) is 0 Å². The van der Waals surface area contributed by atoms with E-state index in [4.69, 9.17) is 37.3 Å². The highest BCUT2D eigenvalue weighted by Gasteiger charge is 2.20. The van der Waals surface area contributed by atoms with Crippen molar-refractivity contribution in [2.75, 3.05) is 104 Å². The van der Waals surface area contributed by atoms with Gasteiger partial charge in [0, 0.05) is 50.0 Å². The summed E-state index contributed by atoms with van der Waals surface area (Å²) in [5, 5.41) is 3.09. The van der Waals surface area contributed by atoms with E-state index >= 15 is 0 Å². The number of amides is 1. The van der Waals surface area contributed by atoms with Crippen molar-refractivity contribution in [2.45, 2.75) is 38.2 Å². The number of pyridine rings is 2. The number of hydrogen-bond donors (Lipinski definition) is 1. The van der Waals surface area contributed by atoms with E-state index in [0.29, 0.717) is 64.6 Å². The minimum atomic E-state index is -3.79. The first-order valence-corrected chi connectivity index (χ1v) is 23.9. The fourth-order valence-corrected chi connectivity index (χ4v) is 6.52. The van der Waals surface area contributed by atoms with Gasteiger partial charge in [-0.15, -0.1) is 0 Å². The molecule has 0 aliphatic rings. The molecular formula is C52H65FN4O11S. The van der Waals surface area contributed by atoms with Crippen LogP contribution >= 0.6 is 0 Å². The Hall–Kier alpha value is -6.21. The van der Waals surface area contributed by atoms with Crippen molar-refractivity contribution in [3.8, 4) is 11.8 Å². The summed E-state index contributed by atoms with van der Waals surface area (Å²) in [7, 11) is -0.212. The average molecular weight is 972 g/mol. The Morgan fingerprint density at radius 3 is 1.49 bits per heavy atom. The van der Waals surface area contributed by atoms with Crippen LogP contribution < -0.4 is 19.7 Å². The standard InChI is InChI=1S/C32H40N2O8S.C20H25FN2O3/c1-25-6-15-29(16-7-25)43(36,37)41-23-21-39-19-18-38-20-22-40-30-17-12-27(24-33-30)9-8-26-10-13-28(14-11-26)34(5)31(35)42-32(2,3)4;1-22-19-7-4-17(5-8-19)2-3-18-6-9-20(23-16-18)26-15-14-25-13-12-24-11-10-21/h6-17,24H,18-23H2,1-5H3;2-9,16,22H,10-15H2,1H3/b9-8+;3-2+/i;21-1. The molecule has 2 heterocycles. The lowest BCUT2D eigenvalue weighted by Gasteiger charge is -2.24. The number of alkyl halides is 1. The molecule has 0 unspecified atom stereocenters. The van der Waals surface area contributed by atoms with Crippen LogP contribution in [-0.4, -0.2) is 124 Å². The van der Waals surface area contributed by atoms with Crippen LogP contribution in [0.3, 0.4) is 0 Å². The molecule has 0 atom stereocenters. The Balaban J connectivity index is 0.000000340. The number of carbonyl (C=O) groups excluding carboxylic acids is 1. The van der Waals surface area contributed by atoms with Gasteiger partial charge in [0.05, 0.1) is 64.4 Å². The van der Waals surface area contributed by atoms with Gasteiger partial charge in [0.1, 0.15) is 25.5 Å². The molecule has 1 N–H and O–H groups in total. The Labute approximate surface area is 406 Å². The zero-order valence-corrected chi connectivity index (χ0v) is 41.1. The number of nitrogens with zero attached hydrogens (tertiary/aromatic N) is 3. The molecule has 0 radical (unpaired) electrons. The lowest BCUT2D eigenvalue weighted by molar-refractivity contribution is 0.0275. The van der Waals surface area contributed by atoms with Crippen LogP contribution in [0, 0.1) is 6.92 Å². The first-order chi connectivity index (χ1) is 33.2. The number of halogens is 1. The molecule has 0 saturated carbocycles. The van der Waals surface area contributed by atoms with Gasteiger partial charge in [-0.3, -0.25) is 9.08 Å². The predicted octanol–water partition coefficient (Wildman–Crippen LogP) is 9.42. The Morgan fingerprint density at radius 1 is 0.609 bits per heavy atom. The van der Waals surface area contributed by atoms with E-state index in [1.54, 1.807) is 37.6 Å². The number of ether oxygens (including phenoxy) is 7. The topological polar surface area (TPSA) is 166 Å². The second kappa shape index (κ2) is 30.3. The highest BCUT2D eigenvalue weighted by Crippen LogP contribution is 2.20. The van der Waals surface area contributed by atoms with Gasteiger partial charge < -0.3 is 38.5 Å². The summed E-state index contributed by atoms with van der Waals surface area (Å²) < 4.78 is 78.7. The fraction of sp³-hybridized carbons (Fsp3) is 0.365. The normalized spacial score (nSPS) is 11.6. The number of rotatable bonds is 27. The van der Waals surface area contributed by atoms with Gasteiger partial charge in [0.2, 0.25) is 11.8 Å². The molecule has 3 aromatic carbocycles.